The highest BCUT2D eigenvalue weighted by Gasteiger charge is 2.39. The lowest BCUT2D eigenvalue weighted by molar-refractivity contribution is -0.124. The van der Waals surface area contributed by atoms with Gasteiger partial charge in [-0.1, -0.05) is 51.5 Å². The molecule has 174 valence electrons. The first-order valence-corrected chi connectivity index (χ1v) is 13.9. The fourth-order valence-corrected chi connectivity index (χ4v) is 6.36. The number of amides is 1. The van der Waals surface area contributed by atoms with Gasteiger partial charge in [-0.25, -0.2) is 0 Å². The number of carbonyl (C=O) groups excluding carboxylic acids is 1. The zero-order valence-corrected chi connectivity index (χ0v) is 21.7. The smallest absolute Gasteiger partial charge is 0.266 e. The Bertz CT molecular complexity index is 873. The van der Waals surface area contributed by atoms with Gasteiger partial charge in [-0.05, 0) is 90.5 Å². The number of carbonyl (C=O) groups is 1. The number of rotatable bonds is 6. The van der Waals surface area contributed by atoms with Crippen LogP contribution >= 0.6 is 27.7 Å². The van der Waals surface area contributed by atoms with E-state index in [1.165, 1.54) is 38.5 Å². The fraction of sp³-hybridized carbons (Fsp3) is 0.615. The summed E-state index contributed by atoms with van der Waals surface area (Å²) in [6.45, 7) is 4.19. The molecule has 1 amide bonds. The number of ether oxygens (including phenoxy) is 1. The molecule has 6 heteroatoms. The predicted octanol–water partition coefficient (Wildman–Crippen LogP) is 7.56. The van der Waals surface area contributed by atoms with Gasteiger partial charge in [-0.2, -0.15) is 0 Å². The molecule has 0 aromatic heterocycles. The van der Waals surface area contributed by atoms with Crippen LogP contribution in [-0.2, 0) is 4.79 Å². The zero-order chi connectivity index (χ0) is 22.5. The lowest BCUT2D eigenvalue weighted by Gasteiger charge is -2.31. The SMILES string of the molecule is CCC(C)Oc1ccc(C=C2SC(=NC3CCCCC3)N(C3CCCCC3)C2=O)cc1Br. The summed E-state index contributed by atoms with van der Waals surface area (Å²) in [6.07, 6.45) is 15.2. The van der Waals surface area contributed by atoms with E-state index in [1.807, 2.05) is 29.2 Å². The summed E-state index contributed by atoms with van der Waals surface area (Å²) >= 11 is 5.22. The summed E-state index contributed by atoms with van der Waals surface area (Å²) in [6, 6.07) is 6.73. The Balaban J connectivity index is 1.58. The molecular formula is C26H35BrN2O2S. The summed E-state index contributed by atoms with van der Waals surface area (Å²) in [5.41, 5.74) is 1.01. The van der Waals surface area contributed by atoms with Gasteiger partial charge in [0.05, 0.1) is 21.5 Å². The van der Waals surface area contributed by atoms with Crippen LogP contribution in [0.25, 0.3) is 6.08 Å². The molecule has 32 heavy (non-hydrogen) atoms. The van der Waals surface area contributed by atoms with Gasteiger partial charge in [0.2, 0.25) is 0 Å². The molecule has 1 aromatic rings. The first kappa shape index (κ1) is 23.9. The Hall–Kier alpha value is -1.27. The summed E-state index contributed by atoms with van der Waals surface area (Å²) in [4.78, 5) is 21.5. The molecule has 2 aliphatic carbocycles. The molecule has 3 aliphatic rings. The van der Waals surface area contributed by atoms with Crippen molar-refractivity contribution in [2.75, 3.05) is 0 Å². The Kier molecular flexibility index (Phi) is 8.38. The molecule has 1 aliphatic heterocycles. The summed E-state index contributed by atoms with van der Waals surface area (Å²) in [5.74, 6) is 0.975. The molecule has 1 heterocycles. The lowest BCUT2D eigenvalue weighted by atomic mass is 9.94. The van der Waals surface area contributed by atoms with Gasteiger partial charge >= 0.3 is 0 Å². The topological polar surface area (TPSA) is 41.9 Å². The average molecular weight is 520 g/mol. The molecule has 1 aromatic carbocycles. The van der Waals surface area contributed by atoms with Crippen molar-refractivity contribution in [3.05, 3.63) is 33.1 Å². The molecular weight excluding hydrogens is 484 g/mol. The number of amidine groups is 1. The quantitative estimate of drug-likeness (QED) is 0.364. The number of hydrogen-bond donors (Lipinski definition) is 0. The van der Waals surface area contributed by atoms with Gasteiger partial charge in [-0.3, -0.25) is 14.7 Å². The Labute approximate surface area is 205 Å². The van der Waals surface area contributed by atoms with E-state index in [1.54, 1.807) is 11.8 Å². The van der Waals surface area contributed by atoms with Crippen molar-refractivity contribution >= 4 is 44.8 Å². The molecule has 0 N–H and O–H groups in total. The summed E-state index contributed by atoms with van der Waals surface area (Å²) in [5, 5.41) is 0.941. The Morgan fingerprint density at radius 1 is 1.16 bits per heavy atom. The van der Waals surface area contributed by atoms with Crippen LogP contribution in [0.5, 0.6) is 5.75 Å². The first-order valence-electron chi connectivity index (χ1n) is 12.3. The minimum absolute atomic E-state index is 0.132. The third-order valence-corrected chi connectivity index (χ3v) is 8.42. The van der Waals surface area contributed by atoms with E-state index >= 15 is 0 Å². The van der Waals surface area contributed by atoms with Crippen LogP contribution in [0.2, 0.25) is 0 Å². The van der Waals surface area contributed by atoms with Crippen molar-refractivity contribution in [1.29, 1.82) is 0 Å². The number of aliphatic imine (C=N–C) groups is 1. The third-order valence-electron chi connectivity index (χ3n) is 6.80. The van der Waals surface area contributed by atoms with Gasteiger partial charge in [0.1, 0.15) is 5.75 Å². The second-order valence-corrected chi connectivity index (χ2v) is 11.2. The average Bonchev–Trinajstić information content (AvgIpc) is 3.11. The molecule has 2 saturated carbocycles. The van der Waals surface area contributed by atoms with Crippen molar-refractivity contribution in [3.8, 4) is 5.75 Å². The second kappa shape index (κ2) is 11.2. The van der Waals surface area contributed by atoms with E-state index in [0.29, 0.717) is 12.1 Å². The maximum atomic E-state index is 13.5. The maximum Gasteiger partial charge on any atom is 0.266 e. The van der Waals surface area contributed by atoms with E-state index < -0.39 is 0 Å². The highest BCUT2D eigenvalue weighted by Crippen LogP contribution is 2.39. The van der Waals surface area contributed by atoms with Crippen molar-refractivity contribution < 1.29 is 9.53 Å². The molecule has 4 rings (SSSR count). The van der Waals surface area contributed by atoms with E-state index in [9.17, 15) is 4.79 Å². The van der Waals surface area contributed by atoms with Gasteiger partial charge < -0.3 is 4.74 Å². The lowest BCUT2D eigenvalue weighted by Crippen LogP contribution is -2.41. The van der Waals surface area contributed by atoms with Crippen LogP contribution in [0.15, 0.2) is 32.6 Å². The number of halogens is 1. The zero-order valence-electron chi connectivity index (χ0n) is 19.3. The van der Waals surface area contributed by atoms with Crippen LogP contribution < -0.4 is 4.74 Å². The van der Waals surface area contributed by atoms with E-state index in [2.05, 4.69) is 29.8 Å². The van der Waals surface area contributed by atoms with Gasteiger partial charge in [0, 0.05) is 6.04 Å². The highest BCUT2D eigenvalue weighted by molar-refractivity contribution is 9.10. The number of thioether (sulfide) groups is 1. The minimum atomic E-state index is 0.132. The van der Waals surface area contributed by atoms with Gasteiger partial charge in [0.15, 0.2) is 5.17 Å². The number of hydrogen-bond acceptors (Lipinski definition) is 4. The monoisotopic (exact) mass is 518 g/mol. The van der Waals surface area contributed by atoms with Crippen molar-refractivity contribution in [3.63, 3.8) is 0 Å². The number of nitrogens with zero attached hydrogens (tertiary/aromatic N) is 2. The molecule has 1 atom stereocenters. The van der Waals surface area contributed by atoms with Crippen LogP contribution in [0.3, 0.4) is 0 Å². The maximum absolute atomic E-state index is 13.5. The van der Waals surface area contributed by atoms with Gasteiger partial charge in [0.25, 0.3) is 5.91 Å². The minimum Gasteiger partial charge on any atom is -0.490 e. The van der Waals surface area contributed by atoms with E-state index in [0.717, 1.165) is 58.0 Å². The predicted molar refractivity (Wildman–Crippen MR) is 138 cm³/mol. The molecule has 1 unspecified atom stereocenters. The number of benzene rings is 1. The highest BCUT2D eigenvalue weighted by atomic mass is 79.9. The van der Waals surface area contributed by atoms with Crippen LogP contribution in [-0.4, -0.2) is 34.2 Å². The summed E-state index contributed by atoms with van der Waals surface area (Å²) < 4.78 is 6.89. The summed E-state index contributed by atoms with van der Waals surface area (Å²) in [7, 11) is 0. The van der Waals surface area contributed by atoms with E-state index in [-0.39, 0.29) is 12.0 Å². The second-order valence-electron chi connectivity index (χ2n) is 9.31. The molecule has 3 fully saturated rings. The normalized spacial score (nSPS) is 24.5. The Morgan fingerprint density at radius 3 is 2.50 bits per heavy atom. The largest absolute Gasteiger partial charge is 0.490 e. The Morgan fingerprint density at radius 2 is 1.84 bits per heavy atom. The standard InChI is InChI=1S/C26H35BrN2O2S/c1-3-18(2)31-23-15-14-19(16-22(23)27)17-24-25(30)29(21-12-8-5-9-13-21)26(32-24)28-20-10-6-4-7-11-20/h14-18,20-21H,3-13H2,1-2H3. The van der Waals surface area contributed by atoms with Crippen molar-refractivity contribution in [1.82, 2.24) is 4.90 Å². The first-order chi connectivity index (χ1) is 15.5. The van der Waals surface area contributed by atoms with E-state index in [4.69, 9.17) is 9.73 Å². The molecule has 1 saturated heterocycles. The molecule has 0 radical (unpaired) electrons. The third kappa shape index (κ3) is 5.80. The van der Waals surface area contributed by atoms with Crippen LogP contribution in [0.4, 0.5) is 0 Å². The van der Waals surface area contributed by atoms with Crippen molar-refractivity contribution in [2.45, 2.75) is 103 Å². The van der Waals surface area contributed by atoms with Crippen molar-refractivity contribution in [2.24, 2.45) is 4.99 Å². The van der Waals surface area contributed by atoms with Crippen LogP contribution in [0.1, 0.15) is 90.0 Å². The molecule has 0 bridgehead atoms. The van der Waals surface area contributed by atoms with Crippen LogP contribution in [0, 0.1) is 0 Å². The molecule has 4 nitrogen and oxygen atoms in total. The fourth-order valence-electron chi connectivity index (χ4n) is 4.76. The molecule has 0 spiro atoms. The van der Waals surface area contributed by atoms with Gasteiger partial charge in [-0.15, -0.1) is 0 Å².